The van der Waals surface area contributed by atoms with Gasteiger partial charge in [0.25, 0.3) is 11.8 Å². The highest BCUT2D eigenvalue weighted by atomic mass is 32.1. The summed E-state index contributed by atoms with van der Waals surface area (Å²) < 4.78 is 1.52. The van der Waals surface area contributed by atoms with Gasteiger partial charge in [0.05, 0.1) is 10.4 Å². The van der Waals surface area contributed by atoms with E-state index in [4.69, 9.17) is 5.73 Å². The fourth-order valence-corrected chi connectivity index (χ4v) is 4.45. The van der Waals surface area contributed by atoms with Gasteiger partial charge in [0.2, 0.25) is 5.95 Å². The predicted molar refractivity (Wildman–Crippen MR) is 123 cm³/mol. The molecule has 1 fully saturated rings. The number of pyridine rings is 1. The lowest BCUT2D eigenvalue weighted by molar-refractivity contribution is 0.0916. The van der Waals surface area contributed by atoms with E-state index in [1.165, 1.54) is 15.9 Å². The first-order chi connectivity index (χ1) is 15.6. The summed E-state index contributed by atoms with van der Waals surface area (Å²) in [5, 5.41) is 12.1. The first-order valence-corrected chi connectivity index (χ1v) is 11.3. The summed E-state index contributed by atoms with van der Waals surface area (Å²) in [6.45, 7) is 0.461. The van der Waals surface area contributed by atoms with Crippen molar-refractivity contribution in [2.75, 3.05) is 5.73 Å². The third kappa shape index (κ3) is 4.06. The number of nitrogens with two attached hydrogens (primary N) is 1. The zero-order valence-corrected chi connectivity index (χ0v) is 18.1. The number of benzene rings is 1. The molecule has 1 aliphatic carbocycles. The number of rotatable bonds is 6. The Kier molecular flexibility index (Phi) is 5.32. The minimum Gasteiger partial charge on any atom is -0.366 e. The smallest absolute Gasteiger partial charge is 0.261 e. The second kappa shape index (κ2) is 8.43. The van der Waals surface area contributed by atoms with Gasteiger partial charge in [0.15, 0.2) is 5.65 Å². The lowest BCUT2D eigenvalue weighted by Crippen LogP contribution is -2.39. The van der Waals surface area contributed by atoms with E-state index >= 15 is 0 Å². The van der Waals surface area contributed by atoms with Crippen molar-refractivity contribution in [2.24, 2.45) is 0 Å². The SMILES string of the molecule is Nc1nc2c(C(=O)NC3CCC3)cc(-c3csc(C(=O)NCc4ccccc4)c3)cn2n1. The average molecular weight is 447 g/mol. The Morgan fingerprint density at radius 3 is 2.69 bits per heavy atom. The number of nitrogens with zero attached hydrogens (tertiary/aromatic N) is 3. The number of amides is 2. The lowest BCUT2D eigenvalue weighted by Gasteiger charge is -2.26. The molecule has 3 aromatic heterocycles. The molecule has 9 heteroatoms. The Labute approximate surface area is 188 Å². The van der Waals surface area contributed by atoms with Crippen molar-refractivity contribution < 1.29 is 9.59 Å². The predicted octanol–water partition coefficient (Wildman–Crippen LogP) is 3.25. The van der Waals surface area contributed by atoms with Crippen LogP contribution < -0.4 is 16.4 Å². The van der Waals surface area contributed by atoms with Gasteiger partial charge in [-0.05, 0) is 47.9 Å². The number of hydrogen-bond donors (Lipinski definition) is 3. The molecule has 0 bridgehead atoms. The number of fused-ring (bicyclic) bond motifs is 1. The summed E-state index contributed by atoms with van der Waals surface area (Å²) in [5.74, 6) is -0.227. The van der Waals surface area contributed by atoms with Crippen molar-refractivity contribution >= 4 is 34.7 Å². The third-order valence-electron chi connectivity index (χ3n) is 5.59. The molecule has 0 spiro atoms. The number of thiophene rings is 1. The molecule has 2 amide bonds. The molecule has 0 radical (unpaired) electrons. The molecular formula is C23H22N6O2S. The van der Waals surface area contributed by atoms with Crippen LogP contribution in [-0.4, -0.2) is 32.5 Å². The Hall–Kier alpha value is -3.72. The molecule has 1 aromatic carbocycles. The number of nitrogen functional groups attached to an aromatic ring is 1. The van der Waals surface area contributed by atoms with Crippen LogP contribution in [0.15, 0.2) is 54.0 Å². The molecule has 8 nitrogen and oxygen atoms in total. The summed E-state index contributed by atoms with van der Waals surface area (Å²) in [6, 6.07) is 13.6. The van der Waals surface area contributed by atoms with Gasteiger partial charge < -0.3 is 16.4 Å². The van der Waals surface area contributed by atoms with Crippen LogP contribution in [0.2, 0.25) is 0 Å². The Morgan fingerprint density at radius 2 is 1.94 bits per heavy atom. The van der Waals surface area contributed by atoms with Crippen LogP contribution in [0.1, 0.15) is 44.9 Å². The molecule has 0 atom stereocenters. The van der Waals surface area contributed by atoms with Gasteiger partial charge in [-0.1, -0.05) is 30.3 Å². The molecule has 1 aliphatic rings. The van der Waals surface area contributed by atoms with Gasteiger partial charge in [-0.2, -0.15) is 4.98 Å². The molecule has 4 aromatic rings. The topological polar surface area (TPSA) is 114 Å². The van der Waals surface area contributed by atoms with Crippen molar-refractivity contribution in [1.82, 2.24) is 25.2 Å². The van der Waals surface area contributed by atoms with Crippen molar-refractivity contribution in [3.05, 3.63) is 70.0 Å². The van der Waals surface area contributed by atoms with Crippen LogP contribution in [0, 0.1) is 0 Å². The minimum atomic E-state index is -0.190. The fraction of sp³-hybridized carbons (Fsp3) is 0.217. The maximum Gasteiger partial charge on any atom is 0.261 e. The lowest BCUT2D eigenvalue weighted by atomic mass is 9.93. The molecule has 1 saturated carbocycles. The number of anilines is 1. The molecular weight excluding hydrogens is 424 g/mol. The normalized spacial score (nSPS) is 13.6. The van der Waals surface area contributed by atoms with E-state index in [2.05, 4.69) is 20.7 Å². The molecule has 0 saturated heterocycles. The van der Waals surface area contributed by atoms with Gasteiger partial charge in [-0.3, -0.25) is 9.59 Å². The summed E-state index contributed by atoms with van der Waals surface area (Å²) in [4.78, 5) is 30.3. The van der Waals surface area contributed by atoms with Crippen molar-refractivity contribution in [1.29, 1.82) is 0 Å². The number of hydrogen-bond acceptors (Lipinski definition) is 6. The maximum atomic E-state index is 12.9. The largest absolute Gasteiger partial charge is 0.366 e. The van der Waals surface area contributed by atoms with E-state index in [0.29, 0.717) is 22.6 Å². The van der Waals surface area contributed by atoms with Crippen LogP contribution in [0.3, 0.4) is 0 Å². The third-order valence-corrected chi connectivity index (χ3v) is 6.52. The first-order valence-electron chi connectivity index (χ1n) is 10.4. The fourth-order valence-electron chi connectivity index (χ4n) is 3.62. The molecule has 0 unspecified atom stereocenters. The monoisotopic (exact) mass is 446 g/mol. The highest BCUT2D eigenvalue weighted by molar-refractivity contribution is 7.12. The molecule has 162 valence electrons. The van der Waals surface area contributed by atoms with Crippen LogP contribution >= 0.6 is 11.3 Å². The molecule has 5 rings (SSSR count). The van der Waals surface area contributed by atoms with Gasteiger partial charge >= 0.3 is 0 Å². The van der Waals surface area contributed by atoms with Crippen LogP contribution in [0.25, 0.3) is 16.8 Å². The molecule has 3 heterocycles. The zero-order valence-electron chi connectivity index (χ0n) is 17.2. The standard InChI is InChI=1S/C23H22N6O2S/c24-23-27-20-18(21(30)26-17-7-4-8-17)9-15(12-29(20)28-23)16-10-19(32-13-16)22(31)25-11-14-5-2-1-3-6-14/h1-3,5-6,9-10,12-13,17H,4,7-8,11H2,(H2,24,28)(H,25,31)(H,26,30). The van der Waals surface area contributed by atoms with Crippen LogP contribution in [-0.2, 0) is 6.54 Å². The second-order valence-electron chi connectivity index (χ2n) is 7.85. The van der Waals surface area contributed by atoms with Crippen LogP contribution in [0.5, 0.6) is 0 Å². The van der Waals surface area contributed by atoms with Crippen molar-refractivity contribution in [3.63, 3.8) is 0 Å². The quantitative estimate of drug-likeness (QED) is 0.421. The highest BCUT2D eigenvalue weighted by Gasteiger charge is 2.23. The van der Waals surface area contributed by atoms with Gasteiger partial charge in [0.1, 0.15) is 0 Å². The van der Waals surface area contributed by atoms with E-state index in [1.807, 2.05) is 41.8 Å². The van der Waals surface area contributed by atoms with E-state index in [-0.39, 0.29) is 23.8 Å². The number of aromatic nitrogens is 3. The van der Waals surface area contributed by atoms with E-state index in [1.54, 1.807) is 12.3 Å². The maximum absolute atomic E-state index is 12.9. The summed E-state index contributed by atoms with van der Waals surface area (Å²) >= 11 is 1.35. The number of nitrogens with one attached hydrogen (secondary N) is 2. The van der Waals surface area contributed by atoms with Gasteiger partial charge in [0, 0.05) is 24.3 Å². The zero-order chi connectivity index (χ0) is 22.1. The summed E-state index contributed by atoms with van der Waals surface area (Å²) in [6.07, 6.45) is 4.87. The van der Waals surface area contributed by atoms with Crippen LogP contribution in [0.4, 0.5) is 5.95 Å². The Morgan fingerprint density at radius 1 is 1.12 bits per heavy atom. The van der Waals surface area contributed by atoms with Gasteiger partial charge in [-0.15, -0.1) is 16.4 Å². The minimum absolute atomic E-state index is 0.103. The number of carbonyl (C=O) groups excluding carboxylic acids is 2. The molecule has 32 heavy (non-hydrogen) atoms. The average Bonchev–Trinajstić information content (AvgIpc) is 3.40. The van der Waals surface area contributed by atoms with E-state index in [9.17, 15) is 9.59 Å². The first kappa shape index (κ1) is 20.2. The Bertz CT molecular complexity index is 1290. The van der Waals surface area contributed by atoms with Crippen molar-refractivity contribution in [3.8, 4) is 11.1 Å². The second-order valence-corrected chi connectivity index (χ2v) is 8.76. The highest BCUT2D eigenvalue weighted by Crippen LogP contribution is 2.28. The summed E-state index contributed by atoms with van der Waals surface area (Å²) in [7, 11) is 0. The molecule has 4 N–H and O–H groups in total. The van der Waals surface area contributed by atoms with E-state index < -0.39 is 0 Å². The Balaban J connectivity index is 1.40. The van der Waals surface area contributed by atoms with Gasteiger partial charge in [-0.25, -0.2) is 4.52 Å². The summed E-state index contributed by atoms with van der Waals surface area (Å²) in [5.41, 5.74) is 9.25. The molecule has 0 aliphatic heterocycles. The number of carbonyl (C=O) groups is 2. The van der Waals surface area contributed by atoms with E-state index in [0.717, 1.165) is 36.0 Å². The van der Waals surface area contributed by atoms with Crippen molar-refractivity contribution in [2.45, 2.75) is 31.8 Å².